The first-order chi connectivity index (χ1) is 7.27. The van der Waals surface area contributed by atoms with Crippen molar-refractivity contribution >= 4 is 6.03 Å². The summed E-state index contributed by atoms with van der Waals surface area (Å²) in [5.74, 6) is 0.442. The topological polar surface area (TPSA) is 82.7 Å². The molecule has 15 heavy (non-hydrogen) atoms. The smallest absolute Gasteiger partial charge is 0.344 e. The summed E-state index contributed by atoms with van der Waals surface area (Å²) in [7, 11) is 0. The Kier molecular flexibility index (Phi) is 1.69. The molecule has 2 amide bonds. The molecular weight excluding hydrogens is 200 g/mol. The molecule has 1 aromatic rings. The maximum absolute atomic E-state index is 11.6. The van der Waals surface area contributed by atoms with Crippen LogP contribution in [0.1, 0.15) is 24.8 Å². The first-order valence-electron chi connectivity index (χ1n) is 4.82. The minimum Gasteiger partial charge on any atom is -0.426 e. The predicted molar refractivity (Wildman–Crippen MR) is 45.8 cm³/mol. The van der Waals surface area contributed by atoms with Gasteiger partial charge in [-0.25, -0.2) is 9.86 Å². The molecule has 7 heteroatoms. The molecule has 2 atom stereocenters. The molecule has 2 aliphatic heterocycles. The summed E-state index contributed by atoms with van der Waals surface area (Å²) in [6.07, 6.45) is 2.75. The molecule has 2 bridgehead atoms. The Morgan fingerprint density at radius 2 is 2.40 bits per heavy atom. The lowest BCUT2D eigenvalue weighted by Gasteiger charge is -2.27. The highest BCUT2D eigenvalue weighted by molar-refractivity contribution is 5.76. The van der Waals surface area contributed by atoms with Crippen LogP contribution in [0.15, 0.2) is 10.8 Å². The van der Waals surface area contributed by atoms with Crippen molar-refractivity contribution in [1.82, 2.24) is 20.2 Å². The molecule has 0 spiro atoms. The number of nitrogens with zero attached hydrogens (tertiary/aromatic N) is 4. The van der Waals surface area contributed by atoms with Crippen molar-refractivity contribution < 1.29 is 14.4 Å². The van der Waals surface area contributed by atoms with E-state index in [-0.39, 0.29) is 18.1 Å². The molecule has 1 N–H and O–H groups in total. The summed E-state index contributed by atoms with van der Waals surface area (Å²) in [6.45, 7) is 0.530. The summed E-state index contributed by atoms with van der Waals surface area (Å²) < 4.78 is 5.09. The van der Waals surface area contributed by atoms with Crippen LogP contribution in [0.5, 0.6) is 0 Å². The first-order valence-corrected chi connectivity index (χ1v) is 4.82. The Balaban J connectivity index is 1.91. The van der Waals surface area contributed by atoms with E-state index in [0.717, 1.165) is 17.9 Å². The minimum absolute atomic E-state index is 0.0864. The molecule has 80 valence electrons. The third kappa shape index (κ3) is 1.13. The molecule has 3 rings (SSSR count). The monoisotopic (exact) mass is 210 g/mol. The fraction of sp³-hybridized carbons (Fsp3) is 0.625. The zero-order valence-corrected chi connectivity index (χ0v) is 7.91. The van der Waals surface area contributed by atoms with Gasteiger partial charge in [0.1, 0.15) is 6.04 Å². The van der Waals surface area contributed by atoms with E-state index >= 15 is 0 Å². The zero-order valence-electron chi connectivity index (χ0n) is 7.91. The number of carbonyl (C=O) groups is 1. The molecule has 1 aromatic heterocycles. The number of rotatable bonds is 1. The van der Waals surface area contributed by atoms with Crippen LogP contribution in [-0.4, -0.2) is 44.0 Å². The molecular formula is C8H10N4O3. The second-order valence-electron chi connectivity index (χ2n) is 3.80. The van der Waals surface area contributed by atoms with Gasteiger partial charge in [0.2, 0.25) is 12.3 Å². The van der Waals surface area contributed by atoms with E-state index in [9.17, 15) is 10.0 Å². The third-order valence-corrected chi connectivity index (χ3v) is 3.01. The number of hydrogen-bond acceptors (Lipinski definition) is 5. The van der Waals surface area contributed by atoms with Gasteiger partial charge in [0.05, 0.1) is 6.04 Å². The highest BCUT2D eigenvalue weighted by Gasteiger charge is 2.46. The molecule has 0 saturated carbocycles. The summed E-state index contributed by atoms with van der Waals surface area (Å²) >= 11 is 0. The highest BCUT2D eigenvalue weighted by Crippen LogP contribution is 2.36. The molecule has 0 aliphatic carbocycles. The standard InChI is InChI=1S/C8H10N4O3/c13-8-11-3-5(12(8)14)1-2-6(11)7-10-9-4-15-7/h4-6,14H,1-3H2/t5-,6-/m0/s1. The number of fused-ring (bicyclic) bond motifs is 2. The summed E-state index contributed by atoms with van der Waals surface area (Å²) in [5, 5.41) is 17.7. The fourth-order valence-corrected chi connectivity index (χ4v) is 2.23. The van der Waals surface area contributed by atoms with Crippen LogP contribution in [0.25, 0.3) is 0 Å². The van der Waals surface area contributed by atoms with Crippen molar-refractivity contribution in [3.63, 3.8) is 0 Å². The van der Waals surface area contributed by atoms with Gasteiger partial charge in [0, 0.05) is 6.54 Å². The number of carbonyl (C=O) groups excluding carboxylic acids is 1. The van der Waals surface area contributed by atoms with Crippen molar-refractivity contribution in [3.8, 4) is 0 Å². The molecule has 2 saturated heterocycles. The Bertz CT molecular complexity index is 379. The second-order valence-corrected chi connectivity index (χ2v) is 3.80. The number of hydrogen-bond donors (Lipinski definition) is 1. The molecule has 0 unspecified atom stereocenters. The van der Waals surface area contributed by atoms with E-state index in [1.54, 1.807) is 4.90 Å². The first kappa shape index (κ1) is 8.66. The SMILES string of the molecule is O=C1N(O)[C@H]2CC[C@@H](c3nnco3)N1C2. The quantitative estimate of drug-likeness (QED) is 0.678. The summed E-state index contributed by atoms with van der Waals surface area (Å²) in [4.78, 5) is 13.2. The van der Waals surface area contributed by atoms with Gasteiger partial charge >= 0.3 is 6.03 Å². The fourth-order valence-electron chi connectivity index (χ4n) is 2.23. The van der Waals surface area contributed by atoms with E-state index in [4.69, 9.17) is 4.42 Å². The average molecular weight is 210 g/mol. The Morgan fingerprint density at radius 1 is 1.53 bits per heavy atom. The van der Waals surface area contributed by atoms with Gasteiger partial charge in [0.15, 0.2) is 0 Å². The maximum Gasteiger partial charge on any atom is 0.344 e. The van der Waals surface area contributed by atoms with Crippen LogP contribution in [0.3, 0.4) is 0 Å². The number of urea groups is 1. The minimum atomic E-state index is -0.374. The summed E-state index contributed by atoms with van der Waals surface area (Å²) in [5.41, 5.74) is 0. The summed E-state index contributed by atoms with van der Waals surface area (Å²) in [6, 6.07) is -0.647. The highest BCUT2D eigenvalue weighted by atomic mass is 16.5. The van der Waals surface area contributed by atoms with Crippen LogP contribution >= 0.6 is 0 Å². The van der Waals surface area contributed by atoms with Crippen molar-refractivity contribution in [2.45, 2.75) is 24.9 Å². The Labute approximate surface area is 85.2 Å². The van der Waals surface area contributed by atoms with Crippen LogP contribution in [0, 0.1) is 0 Å². The van der Waals surface area contributed by atoms with Crippen LogP contribution < -0.4 is 0 Å². The molecule has 2 aliphatic rings. The third-order valence-electron chi connectivity index (χ3n) is 3.01. The van der Waals surface area contributed by atoms with E-state index in [2.05, 4.69) is 10.2 Å². The number of hydroxylamine groups is 2. The molecule has 2 fully saturated rings. The second kappa shape index (κ2) is 2.93. The van der Waals surface area contributed by atoms with Crippen LogP contribution in [0.2, 0.25) is 0 Å². The van der Waals surface area contributed by atoms with Gasteiger partial charge in [-0.1, -0.05) is 0 Å². The Morgan fingerprint density at radius 3 is 3.13 bits per heavy atom. The van der Waals surface area contributed by atoms with E-state index in [1.807, 2.05) is 0 Å². The van der Waals surface area contributed by atoms with Gasteiger partial charge < -0.3 is 9.32 Å². The lowest BCUT2D eigenvalue weighted by Crippen LogP contribution is -2.34. The predicted octanol–water partition coefficient (Wildman–Crippen LogP) is 0.400. The number of amides is 2. The van der Waals surface area contributed by atoms with Gasteiger partial charge in [-0.2, -0.15) is 0 Å². The lowest BCUT2D eigenvalue weighted by molar-refractivity contribution is -0.0584. The molecule has 0 aromatic carbocycles. The van der Waals surface area contributed by atoms with Crippen LogP contribution in [-0.2, 0) is 0 Å². The normalized spacial score (nSPS) is 30.1. The van der Waals surface area contributed by atoms with Gasteiger partial charge in [0.25, 0.3) is 0 Å². The average Bonchev–Trinajstić information content (AvgIpc) is 2.85. The zero-order chi connectivity index (χ0) is 10.4. The van der Waals surface area contributed by atoms with E-state index < -0.39 is 0 Å². The van der Waals surface area contributed by atoms with Crippen molar-refractivity contribution in [3.05, 3.63) is 12.3 Å². The van der Waals surface area contributed by atoms with Crippen LogP contribution in [0.4, 0.5) is 4.79 Å². The van der Waals surface area contributed by atoms with Crippen molar-refractivity contribution in [1.29, 1.82) is 0 Å². The Hall–Kier alpha value is -1.63. The molecule has 7 nitrogen and oxygen atoms in total. The lowest BCUT2D eigenvalue weighted by atomic mass is 10.0. The number of aromatic nitrogens is 2. The van der Waals surface area contributed by atoms with Gasteiger partial charge in [-0.05, 0) is 12.8 Å². The van der Waals surface area contributed by atoms with Gasteiger partial charge in [-0.3, -0.25) is 5.21 Å². The van der Waals surface area contributed by atoms with E-state index in [0.29, 0.717) is 12.4 Å². The maximum atomic E-state index is 11.6. The van der Waals surface area contributed by atoms with Crippen molar-refractivity contribution in [2.75, 3.05) is 6.54 Å². The van der Waals surface area contributed by atoms with Gasteiger partial charge in [-0.15, -0.1) is 10.2 Å². The molecule has 3 heterocycles. The molecule has 0 radical (unpaired) electrons. The number of piperidine rings is 1. The largest absolute Gasteiger partial charge is 0.426 e. The van der Waals surface area contributed by atoms with Crippen molar-refractivity contribution in [2.24, 2.45) is 0 Å². The van der Waals surface area contributed by atoms with E-state index in [1.165, 1.54) is 6.39 Å².